The predicted octanol–water partition coefficient (Wildman–Crippen LogP) is 4.27. The molecule has 24 heavy (non-hydrogen) atoms. The molecule has 0 atom stereocenters. The number of hydrogen-bond donors (Lipinski definition) is 0. The summed E-state index contributed by atoms with van der Waals surface area (Å²) in [5.41, 5.74) is 2.42. The SMILES string of the molecule is O=C(CSc1nc2ccccc2o1)OCc1nc2ccccc2s1. The normalized spacial score (nSPS) is 11.2. The van der Waals surface area contributed by atoms with Crippen molar-refractivity contribution in [2.75, 3.05) is 5.75 Å². The number of carbonyl (C=O) groups excluding carboxylic acids is 1. The maximum absolute atomic E-state index is 11.9. The van der Waals surface area contributed by atoms with Gasteiger partial charge in [-0.25, -0.2) is 9.97 Å². The average Bonchev–Trinajstić information content (AvgIpc) is 3.21. The van der Waals surface area contributed by atoms with E-state index >= 15 is 0 Å². The third-order valence-electron chi connectivity index (χ3n) is 3.28. The summed E-state index contributed by atoms with van der Waals surface area (Å²) in [4.78, 5) is 20.6. The Balaban J connectivity index is 1.33. The molecule has 0 spiro atoms. The van der Waals surface area contributed by atoms with Crippen LogP contribution in [-0.2, 0) is 16.1 Å². The number of fused-ring (bicyclic) bond motifs is 2. The van der Waals surface area contributed by atoms with Gasteiger partial charge in [0, 0.05) is 0 Å². The van der Waals surface area contributed by atoms with Crippen LogP contribution in [0.4, 0.5) is 0 Å². The first-order valence-corrected chi connectivity index (χ1v) is 9.06. The van der Waals surface area contributed by atoms with E-state index in [1.165, 1.54) is 23.1 Å². The molecule has 0 bridgehead atoms. The molecule has 0 aliphatic heterocycles. The lowest BCUT2D eigenvalue weighted by Gasteiger charge is -2.00. The number of thiazole rings is 1. The van der Waals surface area contributed by atoms with E-state index in [0.29, 0.717) is 10.8 Å². The fourth-order valence-electron chi connectivity index (χ4n) is 2.20. The third kappa shape index (κ3) is 3.27. The number of thioether (sulfide) groups is 1. The summed E-state index contributed by atoms with van der Waals surface area (Å²) in [6.45, 7) is 0.187. The summed E-state index contributed by atoms with van der Waals surface area (Å²) in [6.07, 6.45) is 0. The molecule has 0 amide bonds. The lowest BCUT2D eigenvalue weighted by atomic mass is 10.3. The Hall–Kier alpha value is -2.38. The standard InChI is InChI=1S/C17H12N2O3S2/c20-16(10-23-17-19-11-5-1-3-7-13(11)22-17)21-9-15-18-12-6-2-4-8-14(12)24-15/h1-8H,9-10H2. The lowest BCUT2D eigenvalue weighted by Crippen LogP contribution is -2.07. The van der Waals surface area contributed by atoms with Crippen molar-refractivity contribution in [2.45, 2.75) is 11.8 Å². The molecule has 4 rings (SSSR count). The minimum absolute atomic E-state index is 0.151. The molecular formula is C17H12N2O3S2. The number of hydrogen-bond acceptors (Lipinski definition) is 7. The summed E-state index contributed by atoms with van der Waals surface area (Å²) in [5.74, 6) is -0.168. The van der Waals surface area contributed by atoms with Crippen molar-refractivity contribution in [3.8, 4) is 0 Å². The predicted molar refractivity (Wildman–Crippen MR) is 94.1 cm³/mol. The van der Waals surface area contributed by atoms with Crippen molar-refractivity contribution in [1.29, 1.82) is 0 Å². The number of esters is 1. The molecule has 7 heteroatoms. The Morgan fingerprint density at radius 1 is 1.08 bits per heavy atom. The first kappa shape index (κ1) is 15.2. The van der Waals surface area contributed by atoms with Gasteiger partial charge >= 0.3 is 5.97 Å². The van der Waals surface area contributed by atoms with Gasteiger partial charge in [0.15, 0.2) is 5.58 Å². The van der Waals surface area contributed by atoms with E-state index in [1.807, 2.05) is 48.5 Å². The van der Waals surface area contributed by atoms with Gasteiger partial charge in [-0.2, -0.15) is 0 Å². The van der Waals surface area contributed by atoms with Crippen LogP contribution in [0, 0.1) is 0 Å². The van der Waals surface area contributed by atoms with Crippen LogP contribution in [-0.4, -0.2) is 21.7 Å². The number of aromatic nitrogens is 2. The van der Waals surface area contributed by atoms with Crippen LogP contribution in [0.2, 0.25) is 0 Å². The van der Waals surface area contributed by atoms with E-state index in [0.717, 1.165) is 20.7 Å². The Morgan fingerprint density at radius 3 is 2.71 bits per heavy atom. The van der Waals surface area contributed by atoms with Gasteiger partial charge in [0.05, 0.1) is 10.2 Å². The molecule has 0 saturated carbocycles. The number of carbonyl (C=O) groups is 1. The first-order chi connectivity index (χ1) is 11.8. The number of oxazole rings is 1. The highest BCUT2D eigenvalue weighted by atomic mass is 32.2. The maximum Gasteiger partial charge on any atom is 0.316 e. The third-order valence-corrected chi connectivity index (χ3v) is 5.09. The largest absolute Gasteiger partial charge is 0.458 e. The summed E-state index contributed by atoms with van der Waals surface area (Å²) < 4.78 is 11.9. The van der Waals surface area contributed by atoms with E-state index in [-0.39, 0.29) is 18.3 Å². The highest BCUT2D eigenvalue weighted by molar-refractivity contribution is 7.99. The van der Waals surface area contributed by atoms with Crippen LogP contribution in [0.1, 0.15) is 5.01 Å². The van der Waals surface area contributed by atoms with Gasteiger partial charge in [0.1, 0.15) is 22.9 Å². The van der Waals surface area contributed by atoms with Crippen molar-refractivity contribution < 1.29 is 13.9 Å². The second kappa shape index (κ2) is 6.62. The van der Waals surface area contributed by atoms with E-state index < -0.39 is 0 Å². The summed E-state index contributed by atoms with van der Waals surface area (Å²) in [6, 6.07) is 15.3. The van der Waals surface area contributed by atoms with Crippen LogP contribution >= 0.6 is 23.1 Å². The molecule has 2 aromatic heterocycles. The minimum Gasteiger partial charge on any atom is -0.458 e. The number of para-hydroxylation sites is 3. The van der Waals surface area contributed by atoms with E-state index in [9.17, 15) is 4.79 Å². The zero-order valence-corrected chi connectivity index (χ0v) is 14.1. The lowest BCUT2D eigenvalue weighted by molar-refractivity contribution is -0.141. The van der Waals surface area contributed by atoms with Crippen molar-refractivity contribution >= 4 is 50.4 Å². The Kier molecular flexibility index (Phi) is 4.18. The molecule has 4 aromatic rings. The molecule has 0 aliphatic carbocycles. The molecule has 0 aliphatic rings. The van der Waals surface area contributed by atoms with Crippen molar-refractivity contribution in [3.63, 3.8) is 0 Å². The Morgan fingerprint density at radius 2 is 1.88 bits per heavy atom. The molecule has 2 aromatic carbocycles. The number of ether oxygens (including phenoxy) is 1. The first-order valence-electron chi connectivity index (χ1n) is 7.26. The summed E-state index contributed by atoms with van der Waals surface area (Å²) in [5, 5.41) is 1.25. The van der Waals surface area contributed by atoms with Crippen molar-refractivity contribution in [3.05, 3.63) is 53.5 Å². The highest BCUT2D eigenvalue weighted by Crippen LogP contribution is 2.24. The van der Waals surface area contributed by atoms with Crippen LogP contribution in [0.15, 0.2) is 58.2 Å². The number of nitrogens with zero attached hydrogens (tertiary/aromatic N) is 2. The molecule has 0 saturated heterocycles. The van der Waals surface area contributed by atoms with Crippen LogP contribution in [0.25, 0.3) is 21.3 Å². The van der Waals surface area contributed by atoms with Gasteiger partial charge < -0.3 is 9.15 Å². The molecule has 5 nitrogen and oxygen atoms in total. The molecule has 0 N–H and O–H groups in total. The highest BCUT2D eigenvalue weighted by Gasteiger charge is 2.11. The Bertz CT molecular complexity index is 863. The average molecular weight is 356 g/mol. The zero-order valence-electron chi connectivity index (χ0n) is 12.5. The van der Waals surface area contributed by atoms with Gasteiger partial charge in [-0.15, -0.1) is 11.3 Å². The maximum atomic E-state index is 11.9. The molecule has 0 fully saturated rings. The summed E-state index contributed by atoms with van der Waals surface area (Å²) in [7, 11) is 0. The van der Waals surface area contributed by atoms with Gasteiger partial charge in [-0.1, -0.05) is 36.0 Å². The smallest absolute Gasteiger partial charge is 0.316 e. The van der Waals surface area contributed by atoms with Gasteiger partial charge in [0.2, 0.25) is 0 Å². The molecular weight excluding hydrogens is 344 g/mol. The van der Waals surface area contributed by atoms with E-state index in [2.05, 4.69) is 9.97 Å². The monoisotopic (exact) mass is 356 g/mol. The van der Waals surface area contributed by atoms with E-state index in [1.54, 1.807) is 0 Å². The van der Waals surface area contributed by atoms with Crippen molar-refractivity contribution in [1.82, 2.24) is 9.97 Å². The van der Waals surface area contributed by atoms with Gasteiger partial charge in [-0.3, -0.25) is 4.79 Å². The van der Waals surface area contributed by atoms with Gasteiger partial charge in [-0.05, 0) is 24.3 Å². The molecule has 0 unspecified atom stereocenters. The van der Waals surface area contributed by atoms with Crippen LogP contribution in [0.5, 0.6) is 0 Å². The summed E-state index contributed by atoms with van der Waals surface area (Å²) >= 11 is 2.76. The fraction of sp³-hybridized carbons (Fsp3) is 0.118. The second-order valence-electron chi connectivity index (χ2n) is 4.97. The Labute approximate surface area is 145 Å². The second-order valence-corrected chi connectivity index (χ2v) is 7.01. The molecule has 120 valence electrons. The minimum atomic E-state index is -0.318. The van der Waals surface area contributed by atoms with Gasteiger partial charge in [0.25, 0.3) is 5.22 Å². The van der Waals surface area contributed by atoms with Crippen molar-refractivity contribution in [2.24, 2.45) is 0 Å². The number of rotatable bonds is 5. The van der Waals surface area contributed by atoms with E-state index in [4.69, 9.17) is 9.15 Å². The quantitative estimate of drug-likeness (QED) is 0.393. The fourth-order valence-corrected chi connectivity index (χ4v) is 3.72. The van der Waals surface area contributed by atoms with Crippen LogP contribution < -0.4 is 0 Å². The molecule has 2 heterocycles. The topological polar surface area (TPSA) is 65.2 Å². The van der Waals surface area contributed by atoms with Crippen LogP contribution in [0.3, 0.4) is 0 Å². The number of benzene rings is 2. The molecule has 0 radical (unpaired) electrons. The zero-order chi connectivity index (χ0) is 16.4.